The molecule has 2 aromatic carbocycles. The highest BCUT2D eigenvalue weighted by atomic mass is 16.6. The number of urea groups is 1. The second-order valence-corrected chi connectivity index (χ2v) is 9.33. The number of benzene rings is 2. The zero-order valence-electron chi connectivity index (χ0n) is 20.1. The van der Waals surface area contributed by atoms with Crippen LogP contribution in [0.15, 0.2) is 54.6 Å². The van der Waals surface area contributed by atoms with Crippen molar-refractivity contribution in [2.45, 2.75) is 25.7 Å². The first-order valence-corrected chi connectivity index (χ1v) is 12.7. The summed E-state index contributed by atoms with van der Waals surface area (Å²) in [6.07, 6.45) is 7.60. The van der Waals surface area contributed by atoms with E-state index in [0.717, 1.165) is 37.2 Å². The first-order chi connectivity index (χ1) is 17.2. The minimum absolute atomic E-state index is 0.0904. The first-order valence-electron chi connectivity index (χ1n) is 12.7. The minimum atomic E-state index is -0.115. The van der Waals surface area contributed by atoms with Gasteiger partial charge in [0.25, 0.3) is 0 Å². The Morgan fingerprint density at radius 1 is 0.886 bits per heavy atom. The monoisotopic (exact) mass is 475 g/mol. The van der Waals surface area contributed by atoms with Crippen LogP contribution in [0.25, 0.3) is 6.08 Å². The van der Waals surface area contributed by atoms with Gasteiger partial charge in [0, 0.05) is 50.4 Å². The number of hydrogen-bond donors (Lipinski definition) is 0. The minimum Gasteiger partial charge on any atom is -0.486 e. The fourth-order valence-corrected chi connectivity index (χ4v) is 5.03. The van der Waals surface area contributed by atoms with Crippen LogP contribution in [0.2, 0.25) is 0 Å². The molecule has 0 aromatic heterocycles. The van der Waals surface area contributed by atoms with Crippen molar-refractivity contribution in [2.24, 2.45) is 5.92 Å². The maximum atomic E-state index is 13.7. The van der Waals surface area contributed by atoms with Gasteiger partial charge in [-0.05, 0) is 43.4 Å². The van der Waals surface area contributed by atoms with Crippen LogP contribution in [0.3, 0.4) is 0 Å². The Hall–Kier alpha value is -3.48. The SMILES string of the molecule is O=C(N1CCCC1)N1CCC(C(=O)N(CC=Cc2ccccc2)c2ccc3c(c2)OCCO3)CC1. The van der Waals surface area contributed by atoms with Crippen molar-refractivity contribution in [3.05, 3.63) is 60.2 Å². The maximum absolute atomic E-state index is 13.7. The van der Waals surface area contributed by atoms with Crippen molar-refractivity contribution < 1.29 is 19.1 Å². The van der Waals surface area contributed by atoms with Gasteiger partial charge in [0.1, 0.15) is 13.2 Å². The highest BCUT2D eigenvalue weighted by molar-refractivity contribution is 5.96. The maximum Gasteiger partial charge on any atom is 0.319 e. The third-order valence-electron chi connectivity index (χ3n) is 6.99. The number of nitrogens with zero attached hydrogens (tertiary/aromatic N) is 3. The van der Waals surface area contributed by atoms with Crippen LogP contribution in [-0.4, -0.2) is 67.7 Å². The van der Waals surface area contributed by atoms with E-state index in [1.54, 1.807) is 0 Å². The molecule has 0 radical (unpaired) electrons. The molecule has 0 atom stereocenters. The van der Waals surface area contributed by atoms with Crippen molar-refractivity contribution >= 4 is 23.7 Å². The fourth-order valence-electron chi connectivity index (χ4n) is 5.03. The number of amides is 3. The van der Waals surface area contributed by atoms with Crippen molar-refractivity contribution in [1.29, 1.82) is 0 Å². The molecule has 3 heterocycles. The molecule has 0 aliphatic carbocycles. The zero-order valence-corrected chi connectivity index (χ0v) is 20.1. The van der Waals surface area contributed by atoms with E-state index in [1.165, 1.54) is 0 Å². The van der Waals surface area contributed by atoms with Crippen LogP contribution in [0.5, 0.6) is 11.5 Å². The molecule has 2 aromatic rings. The van der Waals surface area contributed by atoms with E-state index in [-0.39, 0.29) is 17.9 Å². The summed E-state index contributed by atoms with van der Waals surface area (Å²) in [4.78, 5) is 32.2. The van der Waals surface area contributed by atoms with Gasteiger partial charge < -0.3 is 24.2 Å². The third-order valence-corrected chi connectivity index (χ3v) is 6.99. The molecule has 2 saturated heterocycles. The molecular weight excluding hydrogens is 442 g/mol. The predicted octanol–water partition coefficient (Wildman–Crippen LogP) is 4.43. The highest BCUT2D eigenvalue weighted by Crippen LogP contribution is 2.35. The Bertz CT molecular complexity index is 1060. The lowest BCUT2D eigenvalue weighted by molar-refractivity contribution is -0.123. The zero-order chi connectivity index (χ0) is 24.0. The molecule has 0 spiro atoms. The average molecular weight is 476 g/mol. The molecule has 0 unspecified atom stereocenters. The topological polar surface area (TPSA) is 62.3 Å². The summed E-state index contributed by atoms with van der Waals surface area (Å²) >= 11 is 0. The predicted molar refractivity (Wildman–Crippen MR) is 136 cm³/mol. The van der Waals surface area contributed by atoms with Crippen molar-refractivity contribution in [3.8, 4) is 11.5 Å². The van der Waals surface area contributed by atoms with Gasteiger partial charge in [-0.3, -0.25) is 4.79 Å². The molecule has 3 aliphatic rings. The summed E-state index contributed by atoms with van der Waals surface area (Å²) in [5.74, 6) is 1.36. The van der Waals surface area contributed by atoms with Gasteiger partial charge in [-0.1, -0.05) is 42.5 Å². The molecule has 7 heteroatoms. The van der Waals surface area contributed by atoms with Gasteiger partial charge in [-0.2, -0.15) is 0 Å². The number of fused-ring (bicyclic) bond motifs is 1. The van der Waals surface area contributed by atoms with Crippen LogP contribution in [0, 0.1) is 5.92 Å². The summed E-state index contributed by atoms with van der Waals surface area (Å²) < 4.78 is 11.4. The Labute approximate surface area is 206 Å². The number of piperidine rings is 1. The lowest BCUT2D eigenvalue weighted by Gasteiger charge is -2.36. The summed E-state index contributed by atoms with van der Waals surface area (Å²) in [6, 6.07) is 15.9. The van der Waals surface area contributed by atoms with Gasteiger partial charge >= 0.3 is 6.03 Å². The van der Waals surface area contributed by atoms with Crippen LogP contribution in [-0.2, 0) is 4.79 Å². The summed E-state index contributed by atoms with van der Waals surface area (Å²) in [5.41, 5.74) is 1.89. The van der Waals surface area contributed by atoms with Crippen LogP contribution in [0.4, 0.5) is 10.5 Å². The van der Waals surface area contributed by atoms with Crippen molar-refractivity contribution in [1.82, 2.24) is 9.80 Å². The number of likely N-dealkylation sites (tertiary alicyclic amines) is 2. The molecule has 3 amide bonds. The Morgan fingerprint density at radius 3 is 2.31 bits per heavy atom. The van der Waals surface area contributed by atoms with E-state index in [2.05, 4.69) is 0 Å². The normalized spacial score (nSPS) is 18.2. The molecule has 7 nitrogen and oxygen atoms in total. The van der Waals surface area contributed by atoms with Crippen LogP contribution < -0.4 is 14.4 Å². The molecule has 35 heavy (non-hydrogen) atoms. The standard InChI is InChI=1S/C28H33N3O4/c32-27(23-12-17-30(18-13-23)28(33)29-14-4-5-15-29)31(16-6-9-22-7-2-1-3-8-22)24-10-11-25-26(21-24)35-20-19-34-25/h1-3,6-11,21,23H,4-5,12-20H2. The van der Waals surface area contributed by atoms with Gasteiger partial charge in [0.05, 0.1) is 0 Å². The molecule has 0 bridgehead atoms. The second-order valence-electron chi connectivity index (χ2n) is 9.33. The number of anilines is 1. The smallest absolute Gasteiger partial charge is 0.319 e. The number of carbonyl (C=O) groups is 2. The van der Waals surface area contributed by atoms with Crippen LogP contribution in [0.1, 0.15) is 31.2 Å². The summed E-state index contributed by atoms with van der Waals surface area (Å²) in [5, 5.41) is 0. The number of carbonyl (C=O) groups excluding carboxylic acids is 2. The van der Waals surface area contributed by atoms with E-state index in [4.69, 9.17) is 9.47 Å². The van der Waals surface area contributed by atoms with Gasteiger partial charge in [-0.25, -0.2) is 4.79 Å². The number of ether oxygens (including phenoxy) is 2. The van der Waals surface area contributed by atoms with Crippen LogP contribution >= 0.6 is 0 Å². The number of hydrogen-bond acceptors (Lipinski definition) is 4. The Balaban J connectivity index is 1.30. The lowest BCUT2D eigenvalue weighted by atomic mass is 9.95. The van der Waals surface area contributed by atoms with E-state index in [1.807, 2.05) is 75.4 Å². The second kappa shape index (κ2) is 10.8. The van der Waals surface area contributed by atoms with Gasteiger partial charge in [-0.15, -0.1) is 0 Å². The molecule has 2 fully saturated rings. The average Bonchev–Trinajstić information content (AvgIpc) is 3.46. The third kappa shape index (κ3) is 5.45. The Kier molecular flexibility index (Phi) is 7.21. The fraction of sp³-hybridized carbons (Fsp3) is 0.429. The molecule has 5 rings (SSSR count). The molecule has 0 saturated carbocycles. The number of rotatable bonds is 5. The van der Waals surface area contributed by atoms with E-state index < -0.39 is 0 Å². The van der Waals surface area contributed by atoms with Crippen molar-refractivity contribution in [3.63, 3.8) is 0 Å². The lowest BCUT2D eigenvalue weighted by Crippen LogP contribution is -2.48. The van der Waals surface area contributed by atoms with Crippen molar-refractivity contribution in [2.75, 3.05) is 50.8 Å². The molecular formula is C28H33N3O4. The molecule has 184 valence electrons. The summed E-state index contributed by atoms with van der Waals surface area (Å²) in [7, 11) is 0. The molecule has 0 N–H and O–H groups in total. The van der Waals surface area contributed by atoms with Gasteiger partial charge in [0.2, 0.25) is 5.91 Å². The van der Waals surface area contributed by atoms with E-state index >= 15 is 0 Å². The van der Waals surface area contributed by atoms with E-state index in [0.29, 0.717) is 57.2 Å². The first kappa shape index (κ1) is 23.3. The van der Waals surface area contributed by atoms with Gasteiger partial charge in [0.15, 0.2) is 11.5 Å². The summed E-state index contributed by atoms with van der Waals surface area (Å²) in [6.45, 7) is 4.44. The Morgan fingerprint density at radius 2 is 1.57 bits per heavy atom. The van der Waals surface area contributed by atoms with E-state index in [9.17, 15) is 9.59 Å². The quantitative estimate of drug-likeness (QED) is 0.642. The largest absolute Gasteiger partial charge is 0.486 e. The molecule has 3 aliphatic heterocycles. The highest BCUT2D eigenvalue weighted by Gasteiger charge is 2.33.